The molecule has 2 N–H and O–H groups in total. The monoisotopic (exact) mass is 437 g/mol. The van der Waals surface area contributed by atoms with Crippen LogP contribution in [0.25, 0.3) is 0 Å². The number of nitro groups is 1. The topological polar surface area (TPSA) is 111 Å². The van der Waals surface area contributed by atoms with Crippen LogP contribution in [0.3, 0.4) is 0 Å². The molecule has 0 bridgehead atoms. The highest BCUT2D eigenvalue weighted by atomic mass is 35.5. The van der Waals surface area contributed by atoms with Crippen LogP contribution in [0.1, 0.15) is 40.6 Å². The molecule has 10 heteroatoms. The number of fused-ring (bicyclic) bond motifs is 1. The summed E-state index contributed by atoms with van der Waals surface area (Å²) in [6, 6.07) is 4.02. The van der Waals surface area contributed by atoms with E-state index in [1.807, 2.05) is 0 Å². The number of rotatable bonds is 7. The number of aryl methyl sites for hydroxylation is 1. The fourth-order valence-electron chi connectivity index (χ4n) is 3.23. The van der Waals surface area contributed by atoms with Gasteiger partial charge in [0.15, 0.2) is 0 Å². The largest absolute Gasteiger partial charge is 0.462 e. The molecule has 0 saturated carbocycles. The van der Waals surface area contributed by atoms with Gasteiger partial charge in [0.25, 0.3) is 5.69 Å². The molecule has 3 rings (SSSR count). The lowest BCUT2D eigenvalue weighted by Gasteiger charge is -2.12. The Hall–Kier alpha value is -2.65. The molecule has 0 radical (unpaired) electrons. The Bertz CT molecular complexity index is 960. The van der Waals surface area contributed by atoms with E-state index in [0.717, 1.165) is 36.1 Å². The summed E-state index contributed by atoms with van der Waals surface area (Å²) in [5.41, 5.74) is 1.26. The van der Waals surface area contributed by atoms with Gasteiger partial charge in [0, 0.05) is 16.0 Å². The number of halogens is 1. The van der Waals surface area contributed by atoms with Crippen molar-refractivity contribution in [3.05, 3.63) is 49.3 Å². The maximum atomic E-state index is 12.4. The van der Waals surface area contributed by atoms with Crippen molar-refractivity contribution in [2.24, 2.45) is 0 Å². The van der Waals surface area contributed by atoms with Crippen LogP contribution < -0.4 is 10.6 Å². The number of thiophene rings is 1. The molecule has 29 heavy (non-hydrogen) atoms. The number of anilines is 2. The number of esters is 1. The van der Waals surface area contributed by atoms with Crippen molar-refractivity contribution in [1.82, 2.24) is 0 Å². The van der Waals surface area contributed by atoms with Crippen molar-refractivity contribution in [2.45, 2.75) is 32.6 Å². The fourth-order valence-corrected chi connectivity index (χ4v) is 4.67. The van der Waals surface area contributed by atoms with Gasteiger partial charge < -0.3 is 15.4 Å². The van der Waals surface area contributed by atoms with Crippen molar-refractivity contribution in [3.8, 4) is 0 Å². The third kappa shape index (κ3) is 4.86. The lowest BCUT2D eigenvalue weighted by molar-refractivity contribution is -0.383. The second-order valence-electron chi connectivity index (χ2n) is 6.46. The highest BCUT2D eigenvalue weighted by molar-refractivity contribution is 7.16. The summed E-state index contributed by atoms with van der Waals surface area (Å²) in [5.74, 6) is -0.875. The van der Waals surface area contributed by atoms with E-state index in [1.165, 1.54) is 29.5 Å². The summed E-state index contributed by atoms with van der Waals surface area (Å²) in [7, 11) is 0. The lowest BCUT2D eigenvalue weighted by Crippen LogP contribution is -2.23. The van der Waals surface area contributed by atoms with Crippen molar-refractivity contribution in [1.29, 1.82) is 0 Å². The molecule has 1 aromatic heterocycles. The second-order valence-corrected chi connectivity index (χ2v) is 8.00. The Morgan fingerprint density at radius 1 is 1.31 bits per heavy atom. The first-order valence-electron chi connectivity index (χ1n) is 9.20. The van der Waals surface area contributed by atoms with E-state index in [9.17, 15) is 19.7 Å². The predicted octanol–water partition coefficient (Wildman–Crippen LogP) is 4.42. The summed E-state index contributed by atoms with van der Waals surface area (Å²) < 4.78 is 5.19. The minimum Gasteiger partial charge on any atom is -0.462 e. The number of nitro benzene ring substituents is 1. The zero-order valence-electron chi connectivity index (χ0n) is 15.7. The molecule has 0 saturated heterocycles. The smallest absolute Gasteiger partial charge is 0.341 e. The van der Waals surface area contributed by atoms with E-state index >= 15 is 0 Å². The third-order valence-electron chi connectivity index (χ3n) is 4.49. The van der Waals surface area contributed by atoms with Crippen LogP contribution in [-0.4, -0.2) is 30.0 Å². The van der Waals surface area contributed by atoms with Crippen LogP contribution >= 0.6 is 22.9 Å². The number of carbonyl (C=O) groups is 2. The normalized spacial score (nSPS) is 12.8. The molecular weight excluding hydrogens is 418 g/mol. The Labute approximate surface area is 176 Å². The van der Waals surface area contributed by atoms with E-state index in [-0.39, 0.29) is 29.5 Å². The van der Waals surface area contributed by atoms with Crippen molar-refractivity contribution >= 4 is 51.2 Å². The molecule has 1 aliphatic carbocycles. The highest BCUT2D eigenvalue weighted by Gasteiger charge is 2.26. The molecule has 1 aromatic carbocycles. The van der Waals surface area contributed by atoms with Gasteiger partial charge in [-0.3, -0.25) is 14.9 Å². The minimum atomic E-state index is -0.610. The van der Waals surface area contributed by atoms with E-state index < -0.39 is 16.8 Å². The van der Waals surface area contributed by atoms with Crippen LogP contribution in [-0.2, 0) is 22.4 Å². The zero-order chi connectivity index (χ0) is 21.0. The molecular formula is C19H20ClN3O5S. The van der Waals surface area contributed by atoms with Crippen LogP contribution in [0, 0.1) is 10.1 Å². The Balaban J connectivity index is 1.75. The SMILES string of the molecule is CCOC(=O)c1c(NCC(=O)Nc2ccc(Cl)cc2[N+](=O)[O-])sc2c1CCCC2. The predicted molar refractivity (Wildman–Crippen MR) is 112 cm³/mol. The second kappa shape index (κ2) is 9.23. The highest BCUT2D eigenvalue weighted by Crippen LogP contribution is 2.38. The molecule has 8 nitrogen and oxygen atoms in total. The Morgan fingerprint density at radius 2 is 2.07 bits per heavy atom. The standard InChI is InChI=1S/C19H20ClN3O5S/c1-2-28-19(25)17-12-5-3-4-6-15(12)29-18(17)21-10-16(24)22-13-8-7-11(20)9-14(13)23(26)27/h7-9,21H,2-6,10H2,1H3,(H,22,24). The van der Waals surface area contributed by atoms with Gasteiger partial charge in [0.05, 0.1) is 23.6 Å². The molecule has 154 valence electrons. The summed E-state index contributed by atoms with van der Waals surface area (Å²) >= 11 is 7.25. The molecule has 1 heterocycles. The molecule has 0 spiro atoms. The van der Waals surface area contributed by atoms with Gasteiger partial charge in [-0.15, -0.1) is 11.3 Å². The van der Waals surface area contributed by atoms with E-state index in [0.29, 0.717) is 10.6 Å². The Kier molecular flexibility index (Phi) is 6.71. The van der Waals surface area contributed by atoms with Gasteiger partial charge in [-0.25, -0.2) is 4.79 Å². The van der Waals surface area contributed by atoms with Crippen LogP contribution in [0.2, 0.25) is 5.02 Å². The van der Waals surface area contributed by atoms with E-state index in [4.69, 9.17) is 16.3 Å². The van der Waals surface area contributed by atoms with Gasteiger partial charge >= 0.3 is 5.97 Å². The van der Waals surface area contributed by atoms with Crippen LogP contribution in [0.15, 0.2) is 18.2 Å². The van der Waals surface area contributed by atoms with Gasteiger partial charge in [-0.2, -0.15) is 0 Å². The number of nitrogens with one attached hydrogen (secondary N) is 2. The lowest BCUT2D eigenvalue weighted by atomic mass is 9.95. The average molecular weight is 438 g/mol. The van der Waals surface area contributed by atoms with Gasteiger partial charge in [0.1, 0.15) is 10.7 Å². The number of hydrogen-bond acceptors (Lipinski definition) is 7. The molecule has 0 atom stereocenters. The molecule has 0 fully saturated rings. The first-order valence-corrected chi connectivity index (χ1v) is 10.4. The summed E-state index contributed by atoms with van der Waals surface area (Å²) in [6.45, 7) is 1.87. The average Bonchev–Trinajstić information content (AvgIpc) is 3.06. The first kappa shape index (κ1) is 21.1. The number of carbonyl (C=O) groups excluding carboxylic acids is 2. The summed E-state index contributed by atoms with van der Waals surface area (Å²) in [6.07, 6.45) is 3.79. The first-order chi connectivity index (χ1) is 13.9. The minimum absolute atomic E-state index is 0.0577. The maximum Gasteiger partial charge on any atom is 0.341 e. The number of hydrogen-bond donors (Lipinski definition) is 2. The quantitative estimate of drug-likeness (QED) is 0.377. The Morgan fingerprint density at radius 3 is 2.79 bits per heavy atom. The van der Waals surface area contributed by atoms with E-state index in [2.05, 4.69) is 10.6 Å². The molecule has 2 aromatic rings. The van der Waals surface area contributed by atoms with Crippen LogP contribution in [0.5, 0.6) is 0 Å². The third-order valence-corrected chi connectivity index (χ3v) is 5.98. The van der Waals surface area contributed by atoms with Crippen molar-refractivity contribution in [2.75, 3.05) is 23.8 Å². The van der Waals surface area contributed by atoms with Gasteiger partial charge in [-0.1, -0.05) is 11.6 Å². The molecule has 0 unspecified atom stereocenters. The number of amides is 1. The van der Waals surface area contributed by atoms with Gasteiger partial charge in [-0.05, 0) is 50.3 Å². The number of benzene rings is 1. The number of nitrogens with zero attached hydrogens (tertiary/aromatic N) is 1. The molecule has 1 aliphatic rings. The van der Waals surface area contributed by atoms with Crippen molar-refractivity contribution < 1.29 is 19.2 Å². The van der Waals surface area contributed by atoms with Crippen LogP contribution in [0.4, 0.5) is 16.4 Å². The molecule has 0 aliphatic heterocycles. The van der Waals surface area contributed by atoms with E-state index in [1.54, 1.807) is 6.92 Å². The fraction of sp³-hybridized carbons (Fsp3) is 0.368. The van der Waals surface area contributed by atoms with Crippen molar-refractivity contribution in [3.63, 3.8) is 0 Å². The summed E-state index contributed by atoms with van der Waals surface area (Å²) in [5, 5.41) is 17.5. The number of ether oxygens (including phenoxy) is 1. The zero-order valence-corrected chi connectivity index (χ0v) is 17.3. The molecule has 1 amide bonds. The maximum absolute atomic E-state index is 12.4. The van der Waals surface area contributed by atoms with Gasteiger partial charge in [0.2, 0.25) is 5.91 Å². The summed E-state index contributed by atoms with van der Waals surface area (Å²) in [4.78, 5) is 36.5.